The van der Waals surface area contributed by atoms with Crippen LogP contribution in [0.1, 0.15) is 35.2 Å². The number of rotatable bonds is 3. The number of halogens is 2. The summed E-state index contributed by atoms with van der Waals surface area (Å²) in [7, 11) is 0. The third kappa shape index (κ3) is 3.03. The van der Waals surface area contributed by atoms with Crippen molar-refractivity contribution in [1.29, 1.82) is 0 Å². The van der Waals surface area contributed by atoms with E-state index in [1.54, 1.807) is 6.20 Å². The molecule has 0 spiro atoms. The predicted octanol–water partition coefficient (Wildman–Crippen LogP) is 4.19. The summed E-state index contributed by atoms with van der Waals surface area (Å²) in [4.78, 5) is 18.2. The van der Waals surface area contributed by atoms with Crippen molar-refractivity contribution in [3.8, 4) is 0 Å². The molecule has 1 N–H and O–H groups in total. The maximum absolute atomic E-state index is 12.6. The molecule has 0 saturated carbocycles. The Hall–Kier alpha value is -1.23. The van der Waals surface area contributed by atoms with Gasteiger partial charge in [0.2, 0.25) is 0 Å². The van der Waals surface area contributed by atoms with Gasteiger partial charge in [-0.05, 0) is 63.5 Å². The molecule has 0 amide bonds. The number of piperidine rings is 3. The summed E-state index contributed by atoms with van der Waals surface area (Å²) in [5, 5.41) is 1.58. The molecule has 1 aromatic carbocycles. The van der Waals surface area contributed by atoms with Crippen LogP contribution in [0.5, 0.6) is 0 Å². The Kier molecular flexibility index (Phi) is 4.82. The summed E-state index contributed by atoms with van der Waals surface area (Å²) in [5.41, 5.74) is 2.68. The summed E-state index contributed by atoms with van der Waals surface area (Å²) in [5.74, 6) is -0.232. The highest BCUT2D eigenvalue weighted by molar-refractivity contribution is 6.31. The van der Waals surface area contributed by atoms with Crippen molar-refractivity contribution >= 4 is 40.9 Å². The van der Waals surface area contributed by atoms with Crippen molar-refractivity contribution in [2.45, 2.75) is 26.2 Å². The van der Waals surface area contributed by atoms with E-state index < -0.39 is 0 Å². The molecule has 5 rings (SSSR count). The normalized spacial score (nSPS) is 25.5. The lowest BCUT2D eigenvalue weighted by Gasteiger charge is -2.47. The first-order valence-corrected chi connectivity index (χ1v) is 8.61. The van der Waals surface area contributed by atoms with Crippen LogP contribution in [0.4, 0.5) is 0 Å². The van der Waals surface area contributed by atoms with Gasteiger partial charge in [0.1, 0.15) is 0 Å². The Labute approximate surface area is 152 Å². The molecule has 3 fully saturated rings. The van der Waals surface area contributed by atoms with E-state index in [0.29, 0.717) is 17.2 Å². The third-order valence-electron chi connectivity index (χ3n) is 5.55. The molecule has 0 aliphatic carbocycles. The minimum atomic E-state index is -0.232. The number of benzene rings is 1. The lowest BCUT2D eigenvalue weighted by Crippen LogP contribution is -2.50. The van der Waals surface area contributed by atoms with E-state index in [1.165, 1.54) is 0 Å². The summed E-state index contributed by atoms with van der Waals surface area (Å²) in [6.07, 6.45) is 5.16. The number of nitrogens with one attached hydrogen (secondary N) is 1. The number of esters is 1. The summed E-state index contributed by atoms with van der Waals surface area (Å²) in [6, 6.07) is 3.72. The molecule has 3 aliphatic heterocycles. The number of fused-ring (bicyclic) bond motifs is 4. The van der Waals surface area contributed by atoms with Crippen LogP contribution in [0.15, 0.2) is 18.3 Å². The number of carbonyl (C=O) groups excluding carboxylic acids is 1. The van der Waals surface area contributed by atoms with Crippen molar-refractivity contribution in [3.63, 3.8) is 0 Å². The van der Waals surface area contributed by atoms with E-state index >= 15 is 0 Å². The van der Waals surface area contributed by atoms with Crippen LogP contribution in [-0.4, -0.2) is 42.1 Å². The molecule has 1 aromatic heterocycles. The van der Waals surface area contributed by atoms with Crippen molar-refractivity contribution in [3.05, 3.63) is 34.5 Å². The summed E-state index contributed by atoms with van der Waals surface area (Å²) in [6.45, 7) is 5.93. The number of H-pyrrole nitrogens is 1. The number of aryl methyl sites for hydroxylation is 1. The van der Waals surface area contributed by atoms with Gasteiger partial charge in [0.15, 0.2) is 0 Å². The second kappa shape index (κ2) is 6.58. The first kappa shape index (κ1) is 17.6. The zero-order valence-electron chi connectivity index (χ0n) is 13.7. The van der Waals surface area contributed by atoms with E-state index in [1.807, 2.05) is 19.1 Å². The van der Waals surface area contributed by atoms with Gasteiger partial charge in [-0.1, -0.05) is 11.6 Å². The largest absolute Gasteiger partial charge is 0.461 e. The number of aromatic nitrogens is 1. The summed E-state index contributed by atoms with van der Waals surface area (Å²) >= 11 is 6.08. The lowest BCUT2D eigenvalue weighted by molar-refractivity contribution is -0.0304. The van der Waals surface area contributed by atoms with Gasteiger partial charge in [-0.3, -0.25) is 0 Å². The van der Waals surface area contributed by atoms with Gasteiger partial charge in [0.25, 0.3) is 0 Å². The van der Waals surface area contributed by atoms with Crippen LogP contribution in [0.25, 0.3) is 10.9 Å². The highest BCUT2D eigenvalue weighted by Gasteiger charge is 2.40. The van der Waals surface area contributed by atoms with Crippen LogP contribution in [0.2, 0.25) is 5.02 Å². The van der Waals surface area contributed by atoms with Crippen molar-refractivity contribution in [2.75, 3.05) is 26.2 Å². The molecule has 130 valence electrons. The van der Waals surface area contributed by atoms with Crippen LogP contribution in [0.3, 0.4) is 0 Å². The number of aromatic amines is 1. The molecular weight excluding hydrogens is 347 g/mol. The minimum absolute atomic E-state index is 0. The first-order chi connectivity index (χ1) is 11.1. The first-order valence-electron chi connectivity index (χ1n) is 8.23. The molecule has 2 bridgehead atoms. The standard InChI is InChI=1S/C18H21ClN2O2.ClH/c1-12-8-13(19)9-15-16(12)14(10-20-15)17(22)23-11-18-2-5-21(6-3-18)7-4-18;/h8-10,20H,2-7,11H2,1H3;1H. The van der Waals surface area contributed by atoms with Gasteiger partial charge in [0, 0.05) is 27.5 Å². The third-order valence-corrected chi connectivity index (χ3v) is 5.76. The van der Waals surface area contributed by atoms with Gasteiger partial charge in [0.05, 0.1) is 12.2 Å². The average Bonchev–Trinajstić information content (AvgIpc) is 2.98. The fourth-order valence-corrected chi connectivity index (χ4v) is 4.28. The van der Waals surface area contributed by atoms with Crippen LogP contribution < -0.4 is 0 Å². The Morgan fingerprint density at radius 2 is 1.96 bits per heavy atom. The number of ether oxygens (including phenoxy) is 1. The molecular formula is C18H22Cl2N2O2. The van der Waals surface area contributed by atoms with E-state index in [0.717, 1.165) is 55.4 Å². The van der Waals surface area contributed by atoms with Crippen molar-refractivity contribution in [2.24, 2.45) is 5.41 Å². The molecule has 6 heteroatoms. The zero-order chi connectivity index (χ0) is 16.0. The Balaban J connectivity index is 0.00000169. The lowest BCUT2D eigenvalue weighted by atomic mass is 9.73. The van der Waals surface area contributed by atoms with E-state index in [9.17, 15) is 4.79 Å². The van der Waals surface area contributed by atoms with Gasteiger partial charge < -0.3 is 14.6 Å². The predicted molar refractivity (Wildman–Crippen MR) is 98.3 cm³/mol. The number of hydrogen-bond acceptors (Lipinski definition) is 3. The van der Waals surface area contributed by atoms with Crippen LogP contribution in [-0.2, 0) is 4.74 Å². The number of hydrogen-bond donors (Lipinski definition) is 1. The molecule has 2 aromatic rings. The fraction of sp³-hybridized carbons (Fsp3) is 0.500. The SMILES string of the molecule is Cc1cc(Cl)cc2[nH]cc(C(=O)OCC34CCN(CC3)CC4)c12.Cl. The smallest absolute Gasteiger partial charge is 0.340 e. The Morgan fingerprint density at radius 1 is 1.29 bits per heavy atom. The molecule has 24 heavy (non-hydrogen) atoms. The molecule has 3 aliphatic rings. The minimum Gasteiger partial charge on any atom is -0.461 e. The number of carbonyl (C=O) groups is 1. The van der Waals surface area contributed by atoms with E-state index in [4.69, 9.17) is 16.3 Å². The van der Waals surface area contributed by atoms with Gasteiger partial charge in [-0.2, -0.15) is 0 Å². The molecule has 3 saturated heterocycles. The average molecular weight is 369 g/mol. The second-order valence-electron chi connectivity index (χ2n) is 7.02. The van der Waals surface area contributed by atoms with E-state index in [-0.39, 0.29) is 23.8 Å². The van der Waals surface area contributed by atoms with Crippen molar-refractivity contribution < 1.29 is 9.53 Å². The van der Waals surface area contributed by atoms with Crippen LogP contribution in [0, 0.1) is 12.3 Å². The summed E-state index contributed by atoms with van der Waals surface area (Å²) < 4.78 is 5.73. The molecule has 0 atom stereocenters. The van der Waals surface area contributed by atoms with Gasteiger partial charge in [-0.25, -0.2) is 4.79 Å². The molecule has 0 radical (unpaired) electrons. The molecule has 0 unspecified atom stereocenters. The van der Waals surface area contributed by atoms with Crippen molar-refractivity contribution in [1.82, 2.24) is 9.88 Å². The van der Waals surface area contributed by atoms with Gasteiger partial charge in [-0.15, -0.1) is 12.4 Å². The highest BCUT2D eigenvalue weighted by Crippen LogP contribution is 2.40. The number of nitrogens with zero attached hydrogens (tertiary/aromatic N) is 1. The Morgan fingerprint density at radius 3 is 2.62 bits per heavy atom. The monoisotopic (exact) mass is 368 g/mol. The van der Waals surface area contributed by atoms with Gasteiger partial charge >= 0.3 is 5.97 Å². The van der Waals surface area contributed by atoms with E-state index in [2.05, 4.69) is 9.88 Å². The fourth-order valence-electron chi connectivity index (χ4n) is 4.01. The highest BCUT2D eigenvalue weighted by atomic mass is 35.5. The second-order valence-corrected chi connectivity index (χ2v) is 7.45. The zero-order valence-corrected chi connectivity index (χ0v) is 15.3. The van der Waals surface area contributed by atoms with Crippen LogP contribution >= 0.6 is 24.0 Å². The Bertz CT molecular complexity index is 750. The topological polar surface area (TPSA) is 45.3 Å². The quantitative estimate of drug-likeness (QED) is 0.825. The maximum atomic E-state index is 12.6. The molecule has 4 nitrogen and oxygen atoms in total. The maximum Gasteiger partial charge on any atom is 0.340 e. The molecule has 4 heterocycles.